The third-order valence-corrected chi connectivity index (χ3v) is 14.1. The van der Waals surface area contributed by atoms with Gasteiger partial charge in [-0.25, -0.2) is 0 Å². The van der Waals surface area contributed by atoms with Crippen molar-refractivity contribution in [2.75, 3.05) is 9.80 Å². The van der Waals surface area contributed by atoms with Crippen LogP contribution in [0.25, 0.3) is 72.0 Å². The van der Waals surface area contributed by atoms with E-state index in [-0.39, 0.29) is 5.41 Å². The Morgan fingerprint density at radius 1 is 0.333 bits per heavy atom. The van der Waals surface area contributed by atoms with Gasteiger partial charge in [-0.15, -0.1) is 0 Å². The maximum atomic E-state index is 2.55. The molecule has 1 aliphatic carbocycles. The fraction of sp³-hybridized carbons (Fsp3) is 0.0476. The number of rotatable bonds is 8. The molecule has 0 radical (unpaired) electrons. The lowest BCUT2D eigenvalue weighted by atomic mass is 9.82. The number of benzene rings is 10. The highest BCUT2D eigenvalue weighted by Gasteiger charge is 2.40. The van der Waals surface area contributed by atoms with E-state index in [2.05, 4.69) is 265 Å². The van der Waals surface area contributed by atoms with Crippen LogP contribution in [-0.4, -0.2) is 4.57 Å². The van der Waals surface area contributed by atoms with Gasteiger partial charge in [0.1, 0.15) is 0 Å². The summed E-state index contributed by atoms with van der Waals surface area (Å²) in [6.07, 6.45) is 0. The molecular weight excluding hydrogens is 799 g/mol. The molecule has 1 aromatic heterocycles. The van der Waals surface area contributed by atoms with Gasteiger partial charge < -0.3 is 14.4 Å². The van der Waals surface area contributed by atoms with Crippen molar-refractivity contribution < 1.29 is 0 Å². The Morgan fingerprint density at radius 3 is 1.53 bits per heavy atom. The quantitative estimate of drug-likeness (QED) is 0.151. The maximum absolute atomic E-state index is 2.55. The molecule has 0 fully saturated rings. The first-order valence-electron chi connectivity index (χ1n) is 22.9. The first kappa shape index (κ1) is 38.1. The topological polar surface area (TPSA) is 11.4 Å². The largest absolute Gasteiger partial charge is 0.310 e. The second kappa shape index (κ2) is 14.8. The Labute approximate surface area is 385 Å². The van der Waals surface area contributed by atoms with Gasteiger partial charge in [-0.3, -0.25) is 0 Å². The van der Waals surface area contributed by atoms with Crippen LogP contribution >= 0.6 is 0 Å². The van der Waals surface area contributed by atoms with E-state index in [1.807, 2.05) is 0 Å². The number of aromatic nitrogens is 1. The van der Waals surface area contributed by atoms with Crippen molar-refractivity contribution in [3.63, 3.8) is 0 Å². The molecular formula is C63H45N3. The Hall–Kier alpha value is -8.40. The minimum atomic E-state index is -0.0972. The summed E-state index contributed by atoms with van der Waals surface area (Å²) in [5.41, 5.74) is 23.0. The fourth-order valence-corrected chi connectivity index (χ4v) is 11.1. The normalized spacial score (nSPS) is 12.8. The molecule has 0 unspecified atom stereocenters. The highest BCUT2D eigenvalue weighted by Crippen LogP contribution is 2.57. The third kappa shape index (κ3) is 5.76. The van der Waals surface area contributed by atoms with Crippen LogP contribution in [0.5, 0.6) is 0 Å². The molecule has 0 amide bonds. The summed E-state index contributed by atoms with van der Waals surface area (Å²) in [5, 5.41) is 2.47. The Kier molecular flexibility index (Phi) is 8.56. The zero-order valence-electron chi connectivity index (χ0n) is 36.9. The SMILES string of the molecule is CC1(C)c2cccc3c2-c2c(cccc21)-n1c2ccc(N(c4cccc(-c5ccccc5-c5ccccc5)c4)c4cccc(N(c5ccccc5)c5ccccc5)c4)cc2c2cccc-3c21. The fourth-order valence-electron chi connectivity index (χ4n) is 11.1. The molecule has 2 heterocycles. The number of hydrogen-bond donors (Lipinski definition) is 0. The van der Waals surface area contributed by atoms with Gasteiger partial charge in [-0.05, 0) is 123 Å². The maximum Gasteiger partial charge on any atom is 0.0619 e. The molecule has 0 atom stereocenters. The van der Waals surface area contributed by atoms with Crippen LogP contribution in [0.15, 0.2) is 237 Å². The Balaban J connectivity index is 1.05. The van der Waals surface area contributed by atoms with Gasteiger partial charge >= 0.3 is 0 Å². The van der Waals surface area contributed by atoms with Crippen molar-refractivity contribution in [1.82, 2.24) is 4.57 Å². The lowest BCUT2D eigenvalue weighted by Gasteiger charge is -2.29. The number of anilines is 6. The highest BCUT2D eigenvalue weighted by molar-refractivity contribution is 6.18. The summed E-state index contributed by atoms with van der Waals surface area (Å²) >= 11 is 0. The minimum absolute atomic E-state index is 0.0972. The van der Waals surface area contributed by atoms with Crippen LogP contribution in [-0.2, 0) is 5.41 Å². The van der Waals surface area contributed by atoms with E-state index in [0.29, 0.717) is 0 Å². The van der Waals surface area contributed by atoms with Gasteiger partial charge in [0, 0.05) is 61.4 Å². The molecule has 312 valence electrons. The Bertz CT molecular complexity index is 3640. The van der Waals surface area contributed by atoms with Gasteiger partial charge in [0.15, 0.2) is 0 Å². The predicted octanol–water partition coefficient (Wildman–Crippen LogP) is 17.3. The van der Waals surface area contributed by atoms with Crippen LogP contribution in [0, 0.1) is 0 Å². The molecule has 13 rings (SSSR count). The second-order valence-corrected chi connectivity index (χ2v) is 18.1. The molecule has 3 heteroatoms. The molecule has 0 saturated heterocycles. The summed E-state index contributed by atoms with van der Waals surface area (Å²) in [6.45, 7) is 4.76. The smallest absolute Gasteiger partial charge is 0.0619 e. The average molecular weight is 844 g/mol. The van der Waals surface area contributed by atoms with E-state index in [0.717, 1.165) is 39.7 Å². The number of fused-ring (bicyclic) bond motifs is 5. The van der Waals surface area contributed by atoms with E-state index in [9.17, 15) is 0 Å². The van der Waals surface area contributed by atoms with Gasteiger partial charge in [0.25, 0.3) is 0 Å². The van der Waals surface area contributed by atoms with Gasteiger partial charge in [0.2, 0.25) is 0 Å². The van der Waals surface area contributed by atoms with Crippen LogP contribution < -0.4 is 9.80 Å². The summed E-state index contributed by atoms with van der Waals surface area (Å²) in [5.74, 6) is 0. The van der Waals surface area contributed by atoms with E-state index in [4.69, 9.17) is 0 Å². The molecule has 0 saturated carbocycles. The molecule has 2 aliphatic rings. The van der Waals surface area contributed by atoms with Gasteiger partial charge in [-0.1, -0.05) is 172 Å². The zero-order chi connectivity index (χ0) is 43.9. The molecule has 0 spiro atoms. The molecule has 0 bridgehead atoms. The standard InChI is InChI=1S/C63H45N3/c1-63(2)56-34-17-31-52-53-32-16-33-54-55-41-49(37-38-58(55)66(62(53)54)59-36-18-35-57(63)61(59)60(52)56)65(46-26-14-21-43(39-46)51-30-13-12-29-50(51)42-19-6-3-7-20-42)48-28-15-27-47(40-48)64(44-22-8-4-9-23-44)45-24-10-5-11-25-45/h3-41H,1-2H3. The van der Waals surface area contributed by atoms with Crippen molar-refractivity contribution in [2.24, 2.45) is 0 Å². The van der Waals surface area contributed by atoms with Crippen LogP contribution in [0.2, 0.25) is 0 Å². The van der Waals surface area contributed by atoms with Crippen LogP contribution in [0.4, 0.5) is 34.1 Å². The summed E-state index contributed by atoms with van der Waals surface area (Å²) in [4.78, 5) is 4.78. The molecule has 3 nitrogen and oxygen atoms in total. The summed E-state index contributed by atoms with van der Waals surface area (Å²) in [7, 11) is 0. The lowest BCUT2D eigenvalue weighted by Crippen LogP contribution is -2.15. The molecule has 11 aromatic rings. The monoisotopic (exact) mass is 843 g/mol. The first-order valence-corrected chi connectivity index (χ1v) is 22.9. The minimum Gasteiger partial charge on any atom is -0.310 e. The zero-order valence-corrected chi connectivity index (χ0v) is 36.9. The van der Waals surface area contributed by atoms with Crippen LogP contribution in [0.3, 0.4) is 0 Å². The van der Waals surface area contributed by atoms with Crippen molar-refractivity contribution in [3.8, 4) is 50.2 Å². The van der Waals surface area contributed by atoms with Gasteiger partial charge in [0.05, 0.1) is 16.7 Å². The number of nitrogens with zero attached hydrogens (tertiary/aromatic N) is 3. The first-order chi connectivity index (χ1) is 32.5. The van der Waals surface area contributed by atoms with Crippen molar-refractivity contribution in [1.29, 1.82) is 0 Å². The average Bonchev–Trinajstić information content (AvgIpc) is 3.78. The van der Waals surface area contributed by atoms with E-state index in [1.54, 1.807) is 0 Å². The molecule has 66 heavy (non-hydrogen) atoms. The Morgan fingerprint density at radius 2 is 0.818 bits per heavy atom. The van der Waals surface area contributed by atoms with E-state index in [1.165, 1.54) is 77.6 Å². The molecule has 10 aromatic carbocycles. The van der Waals surface area contributed by atoms with E-state index >= 15 is 0 Å². The van der Waals surface area contributed by atoms with Crippen LogP contribution in [0.1, 0.15) is 25.0 Å². The highest BCUT2D eigenvalue weighted by atomic mass is 15.2. The third-order valence-electron chi connectivity index (χ3n) is 14.1. The van der Waals surface area contributed by atoms with Crippen molar-refractivity contribution in [3.05, 3.63) is 248 Å². The van der Waals surface area contributed by atoms with Crippen molar-refractivity contribution >= 4 is 55.9 Å². The lowest BCUT2D eigenvalue weighted by molar-refractivity contribution is 0.660. The second-order valence-electron chi connectivity index (χ2n) is 18.1. The number of para-hydroxylation sites is 3. The summed E-state index contributed by atoms with van der Waals surface area (Å²) in [6, 6.07) is 86.7. The van der Waals surface area contributed by atoms with Crippen molar-refractivity contribution in [2.45, 2.75) is 19.3 Å². The summed E-state index contributed by atoms with van der Waals surface area (Å²) < 4.78 is 2.55. The van der Waals surface area contributed by atoms with E-state index < -0.39 is 0 Å². The van der Waals surface area contributed by atoms with Gasteiger partial charge in [-0.2, -0.15) is 0 Å². The molecule has 1 aliphatic heterocycles. The number of hydrogen-bond acceptors (Lipinski definition) is 2. The molecule has 0 N–H and O–H groups in total. The predicted molar refractivity (Wildman–Crippen MR) is 278 cm³/mol.